The van der Waals surface area contributed by atoms with Crippen molar-refractivity contribution in [1.82, 2.24) is 4.90 Å². The molecule has 26 heavy (non-hydrogen) atoms. The number of anilines is 1. The average molecular weight is 356 g/mol. The van der Waals surface area contributed by atoms with Gasteiger partial charge in [0.05, 0.1) is 18.1 Å². The van der Waals surface area contributed by atoms with Crippen molar-refractivity contribution in [1.29, 1.82) is 0 Å². The number of amides is 2. The number of hydrogen-bond donors (Lipinski definition) is 1. The first-order valence-electron chi connectivity index (χ1n) is 8.94. The number of carbonyl (C=O) groups is 2. The van der Waals surface area contributed by atoms with E-state index in [1.807, 2.05) is 38.1 Å². The molecule has 2 heterocycles. The van der Waals surface area contributed by atoms with Crippen LogP contribution in [0.2, 0.25) is 0 Å². The third-order valence-corrected chi connectivity index (χ3v) is 4.39. The summed E-state index contributed by atoms with van der Waals surface area (Å²) in [7, 11) is 0. The summed E-state index contributed by atoms with van der Waals surface area (Å²) in [4.78, 5) is 26.6. The van der Waals surface area contributed by atoms with Gasteiger partial charge in [-0.05, 0) is 51.0 Å². The summed E-state index contributed by atoms with van der Waals surface area (Å²) in [5.74, 6) is 0.733. The lowest BCUT2D eigenvalue weighted by atomic mass is 9.95. The molecule has 0 unspecified atom stereocenters. The number of ether oxygens (including phenoxy) is 1. The zero-order valence-electron chi connectivity index (χ0n) is 15.1. The van der Waals surface area contributed by atoms with E-state index in [1.165, 1.54) is 6.26 Å². The fourth-order valence-corrected chi connectivity index (χ4v) is 3.06. The lowest BCUT2D eigenvalue weighted by Gasteiger charge is -2.30. The number of furan rings is 1. The molecular formula is C20H24N2O4. The van der Waals surface area contributed by atoms with Gasteiger partial charge in [0.25, 0.3) is 5.91 Å². The Morgan fingerprint density at radius 2 is 1.88 bits per heavy atom. The van der Waals surface area contributed by atoms with Gasteiger partial charge in [0.1, 0.15) is 5.75 Å². The Labute approximate surface area is 153 Å². The number of nitrogens with zero attached hydrogens (tertiary/aromatic N) is 1. The van der Waals surface area contributed by atoms with Crippen LogP contribution in [0, 0.1) is 5.92 Å². The van der Waals surface area contributed by atoms with Crippen molar-refractivity contribution in [3.63, 3.8) is 0 Å². The molecule has 0 aliphatic carbocycles. The summed E-state index contributed by atoms with van der Waals surface area (Å²) in [6.07, 6.45) is 2.78. The fourth-order valence-electron chi connectivity index (χ4n) is 3.06. The van der Waals surface area contributed by atoms with E-state index in [2.05, 4.69) is 5.32 Å². The number of rotatable bonds is 5. The monoisotopic (exact) mass is 356 g/mol. The molecule has 3 rings (SSSR count). The van der Waals surface area contributed by atoms with E-state index < -0.39 is 0 Å². The van der Waals surface area contributed by atoms with E-state index in [0.29, 0.717) is 43.1 Å². The molecule has 1 N–H and O–H groups in total. The lowest BCUT2D eigenvalue weighted by molar-refractivity contribution is -0.121. The highest BCUT2D eigenvalue weighted by Crippen LogP contribution is 2.27. The number of hydrogen-bond acceptors (Lipinski definition) is 4. The quantitative estimate of drug-likeness (QED) is 0.889. The molecule has 0 atom stereocenters. The lowest BCUT2D eigenvalue weighted by Crippen LogP contribution is -2.41. The summed E-state index contributed by atoms with van der Waals surface area (Å²) in [5.41, 5.74) is 0.681. The van der Waals surface area contributed by atoms with Gasteiger partial charge in [-0.25, -0.2) is 0 Å². The third-order valence-electron chi connectivity index (χ3n) is 4.39. The van der Waals surface area contributed by atoms with Crippen molar-refractivity contribution in [3.05, 3.63) is 48.4 Å². The zero-order chi connectivity index (χ0) is 18.5. The standard InChI is InChI=1S/C20H24N2O4/c1-14(2)26-17-7-4-3-6-16(17)21-19(23)15-9-11-22(12-10-15)20(24)18-8-5-13-25-18/h3-8,13-15H,9-12H2,1-2H3,(H,21,23). The number of nitrogens with one attached hydrogen (secondary N) is 1. The second-order valence-electron chi connectivity index (χ2n) is 6.70. The number of benzene rings is 1. The zero-order valence-corrected chi connectivity index (χ0v) is 15.1. The van der Waals surface area contributed by atoms with Crippen molar-refractivity contribution >= 4 is 17.5 Å². The van der Waals surface area contributed by atoms with Crippen LogP contribution in [-0.4, -0.2) is 35.9 Å². The minimum Gasteiger partial charge on any atom is -0.489 e. The van der Waals surface area contributed by atoms with Crippen molar-refractivity contribution in [3.8, 4) is 5.75 Å². The van der Waals surface area contributed by atoms with E-state index in [9.17, 15) is 9.59 Å². The number of para-hydroxylation sites is 2. The Bertz CT molecular complexity index is 747. The van der Waals surface area contributed by atoms with E-state index in [0.717, 1.165) is 0 Å². The Morgan fingerprint density at radius 3 is 2.54 bits per heavy atom. The maximum atomic E-state index is 12.6. The van der Waals surface area contributed by atoms with E-state index >= 15 is 0 Å². The molecule has 0 bridgehead atoms. The summed E-state index contributed by atoms with van der Waals surface area (Å²) >= 11 is 0. The Hall–Kier alpha value is -2.76. The molecule has 6 nitrogen and oxygen atoms in total. The first kappa shape index (κ1) is 18.0. The first-order valence-corrected chi connectivity index (χ1v) is 8.94. The highest BCUT2D eigenvalue weighted by atomic mass is 16.5. The number of likely N-dealkylation sites (tertiary alicyclic amines) is 1. The smallest absolute Gasteiger partial charge is 0.289 e. The average Bonchev–Trinajstić information content (AvgIpc) is 3.17. The summed E-state index contributed by atoms with van der Waals surface area (Å²) < 4.78 is 10.9. The topological polar surface area (TPSA) is 71.8 Å². The Balaban J connectivity index is 1.57. The molecule has 138 valence electrons. The third kappa shape index (κ3) is 4.25. The van der Waals surface area contributed by atoms with Crippen LogP contribution in [0.15, 0.2) is 47.1 Å². The van der Waals surface area contributed by atoms with Crippen molar-refractivity contribution in [2.45, 2.75) is 32.8 Å². The maximum absolute atomic E-state index is 12.6. The van der Waals surface area contributed by atoms with Gasteiger partial charge >= 0.3 is 0 Å². The summed E-state index contributed by atoms with van der Waals surface area (Å²) in [6, 6.07) is 10.8. The van der Waals surface area contributed by atoms with Crippen LogP contribution in [0.25, 0.3) is 0 Å². The molecular weight excluding hydrogens is 332 g/mol. The van der Waals surface area contributed by atoms with E-state index in [1.54, 1.807) is 17.0 Å². The van der Waals surface area contributed by atoms with Gasteiger partial charge in [-0.1, -0.05) is 12.1 Å². The van der Waals surface area contributed by atoms with E-state index in [-0.39, 0.29) is 23.8 Å². The van der Waals surface area contributed by atoms with Crippen LogP contribution in [0.3, 0.4) is 0 Å². The molecule has 0 spiro atoms. The first-order chi connectivity index (χ1) is 12.5. The van der Waals surface area contributed by atoms with Gasteiger partial charge in [-0.2, -0.15) is 0 Å². The molecule has 0 saturated carbocycles. The van der Waals surface area contributed by atoms with Crippen LogP contribution in [0.1, 0.15) is 37.2 Å². The Kier molecular flexibility index (Phi) is 5.61. The molecule has 1 fully saturated rings. The highest BCUT2D eigenvalue weighted by Gasteiger charge is 2.29. The van der Waals surface area contributed by atoms with Gasteiger partial charge in [0, 0.05) is 19.0 Å². The maximum Gasteiger partial charge on any atom is 0.289 e. The van der Waals surface area contributed by atoms with Crippen molar-refractivity contribution in [2.75, 3.05) is 18.4 Å². The number of piperidine rings is 1. The van der Waals surface area contributed by atoms with Gasteiger partial charge in [-0.3, -0.25) is 9.59 Å². The molecule has 1 aliphatic rings. The predicted molar refractivity (Wildman–Crippen MR) is 98.2 cm³/mol. The van der Waals surface area contributed by atoms with Crippen molar-refractivity contribution < 1.29 is 18.7 Å². The number of carbonyl (C=O) groups excluding carboxylic acids is 2. The summed E-state index contributed by atoms with van der Waals surface area (Å²) in [6.45, 7) is 4.98. The van der Waals surface area contributed by atoms with Gasteiger partial charge in [0.2, 0.25) is 5.91 Å². The van der Waals surface area contributed by atoms with Crippen molar-refractivity contribution in [2.24, 2.45) is 5.92 Å². The fraction of sp³-hybridized carbons (Fsp3) is 0.400. The van der Waals surface area contributed by atoms with Gasteiger partial charge in [0.15, 0.2) is 5.76 Å². The van der Waals surface area contributed by atoms with Gasteiger partial charge < -0.3 is 19.4 Å². The van der Waals surface area contributed by atoms with Crippen LogP contribution >= 0.6 is 0 Å². The molecule has 6 heteroatoms. The molecule has 0 radical (unpaired) electrons. The minimum atomic E-state index is -0.122. The molecule has 2 amide bonds. The molecule has 1 aliphatic heterocycles. The van der Waals surface area contributed by atoms with Crippen LogP contribution < -0.4 is 10.1 Å². The highest BCUT2D eigenvalue weighted by molar-refractivity contribution is 5.95. The molecule has 1 aromatic carbocycles. The van der Waals surface area contributed by atoms with Crippen LogP contribution in [0.5, 0.6) is 5.75 Å². The molecule has 1 aromatic heterocycles. The van der Waals surface area contributed by atoms with E-state index in [4.69, 9.17) is 9.15 Å². The second kappa shape index (κ2) is 8.08. The molecule has 2 aromatic rings. The minimum absolute atomic E-state index is 0.0314. The predicted octanol–water partition coefficient (Wildman–Crippen LogP) is 3.56. The second-order valence-corrected chi connectivity index (χ2v) is 6.70. The normalized spacial score (nSPS) is 15.1. The Morgan fingerprint density at radius 1 is 1.15 bits per heavy atom. The summed E-state index contributed by atoms with van der Waals surface area (Å²) in [5, 5.41) is 2.97. The SMILES string of the molecule is CC(C)Oc1ccccc1NC(=O)C1CCN(C(=O)c2ccco2)CC1. The van der Waals surface area contributed by atoms with Gasteiger partial charge in [-0.15, -0.1) is 0 Å². The molecule has 1 saturated heterocycles. The van der Waals surface area contributed by atoms with Crippen LogP contribution in [-0.2, 0) is 4.79 Å². The van der Waals surface area contributed by atoms with Crippen LogP contribution in [0.4, 0.5) is 5.69 Å². The largest absolute Gasteiger partial charge is 0.489 e.